The highest BCUT2D eigenvalue weighted by Gasteiger charge is 2.41. The Morgan fingerprint density at radius 2 is 1.94 bits per heavy atom. The Morgan fingerprint density at radius 3 is 2.39 bits per heavy atom. The number of aliphatic hydroxyl groups excluding tert-OH is 2. The standard InChI is InChI=1S/C8H7F3N2O5/c9-8(10,11)5-2(6(16)13-1-12-5)3(14)4(15)7(17)18/h1,3-4,14-15H,(H,17,18)(H,12,13,16). The molecule has 0 amide bonds. The Kier molecular flexibility index (Phi) is 3.72. The second-order valence-corrected chi connectivity index (χ2v) is 3.22. The molecule has 0 spiro atoms. The van der Waals surface area contributed by atoms with Gasteiger partial charge in [0.1, 0.15) is 6.10 Å². The molecule has 0 radical (unpaired) electrons. The second kappa shape index (κ2) is 4.74. The number of alkyl halides is 3. The van der Waals surface area contributed by atoms with Crippen LogP contribution in [0.4, 0.5) is 13.2 Å². The van der Waals surface area contributed by atoms with Gasteiger partial charge in [0, 0.05) is 0 Å². The highest BCUT2D eigenvalue weighted by Crippen LogP contribution is 2.31. The first-order valence-electron chi connectivity index (χ1n) is 4.40. The molecule has 0 saturated carbocycles. The van der Waals surface area contributed by atoms with Gasteiger partial charge in [-0.05, 0) is 0 Å². The van der Waals surface area contributed by atoms with Crippen LogP contribution in [-0.2, 0) is 11.0 Å². The summed E-state index contributed by atoms with van der Waals surface area (Å²) < 4.78 is 37.5. The third kappa shape index (κ3) is 2.65. The van der Waals surface area contributed by atoms with Crippen LogP contribution in [-0.4, -0.2) is 37.4 Å². The Morgan fingerprint density at radius 1 is 1.39 bits per heavy atom. The van der Waals surface area contributed by atoms with Crippen molar-refractivity contribution >= 4 is 5.97 Å². The number of carboxylic acids is 1. The highest BCUT2D eigenvalue weighted by atomic mass is 19.4. The van der Waals surface area contributed by atoms with E-state index in [4.69, 9.17) is 10.2 Å². The van der Waals surface area contributed by atoms with Crippen LogP contribution in [0.5, 0.6) is 0 Å². The molecule has 100 valence electrons. The molecule has 0 aliphatic rings. The number of nitrogens with one attached hydrogen (secondary N) is 1. The van der Waals surface area contributed by atoms with Gasteiger partial charge >= 0.3 is 12.1 Å². The van der Waals surface area contributed by atoms with Crippen LogP contribution in [0.15, 0.2) is 11.1 Å². The van der Waals surface area contributed by atoms with E-state index in [1.54, 1.807) is 4.98 Å². The summed E-state index contributed by atoms with van der Waals surface area (Å²) in [7, 11) is 0. The zero-order valence-corrected chi connectivity index (χ0v) is 8.47. The quantitative estimate of drug-likeness (QED) is 0.573. The van der Waals surface area contributed by atoms with E-state index in [0.29, 0.717) is 6.33 Å². The summed E-state index contributed by atoms with van der Waals surface area (Å²) in [5.74, 6) is -1.97. The van der Waals surface area contributed by atoms with Crippen molar-refractivity contribution in [3.8, 4) is 0 Å². The summed E-state index contributed by atoms with van der Waals surface area (Å²) in [5, 5.41) is 26.6. The molecule has 0 aromatic carbocycles. The van der Waals surface area contributed by atoms with Crippen molar-refractivity contribution in [2.24, 2.45) is 0 Å². The molecule has 0 bridgehead atoms. The van der Waals surface area contributed by atoms with Gasteiger partial charge < -0.3 is 20.3 Å². The van der Waals surface area contributed by atoms with Gasteiger partial charge in [0.2, 0.25) is 0 Å². The molecule has 2 atom stereocenters. The maximum Gasteiger partial charge on any atom is 0.433 e. The number of H-pyrrole nitrogens is 1. The number of nitrogens with zero attached hydrogens (tertiary/aromatic N) is 1. The predicted molar refractivity (Wildman–Crippen MR) is 48.5 cm³/mol. The van der Waals surface area contributed by atoms with Crippen molar-refractivity contribution in [2.45, 2.75) is 18.4 Å². The number of halogens is 3. The van der Waals surface area contributed by atoms with Crippen LogP contribution in [0.1, 0.15) is 17.4 Å². The van der Waals surface area contributed by atoms with Gasteiger partial charge in [-0.25, -0.2) is 9.78 Å². The van der Waals surface area contributed by atoms with Crippen LogP contribution in [0.3, 0.4) is 0 Å². The summed E-state index contributed by atoms with van der Waals surface area (Å²) in [5.41, 5.74) is -4.48. The van der Waals surface area contributed by atoms with E-state index in [-0.39, 0.29) is 0 Å². The van der Waals surface area contributed by atoms with E-state index in [2.05, 4.69) is 4.98 Å². The van der Waals surface area contributed by atoms with Crippen molar-refractivity contribution in [1.82, 2.24) is 9.97 Å². The van der Waals surface area contributed by atoms with E-state index in [9.17, 15) is 27.9 Å². The molecule has 0 aliphatic carbocycles. The third-order valence-corrected chi connectivity index (χ3v) is 2.01. The largest absolute Gasteiger partial charge is 0.479 e. The number of rotatable bonds is 3. The second-order valence-electron chi connectivity index (χ2n) is 3.22. The molecule has 1 aromatic heterocycles. The van der Waals surface area contributed by atoms with Crippen molar-refractivity contribution in [1.29, 1.82) is 0 Å². The molecule has 2 unspecified atom stereocenters. The predicted octanol–water partition coefficient (Wildman–Crippen LogP) is -0.732. The lowest BCUT2D eigenvalue weighted by atomic mass is 10.0. The topological polar surface area (TPSA) is 124 Å². The zero-order valence-electron chi connectivity index (χ0n) is 8.47. The number of carboxylic acid groups (broad SMARTS) is 1. The van der Waals surface area contributed by atoms with Gasteiger partial charge in [-0.1, -0.05) is 0 Å². The lowest BCUT2D eigenvalue weighted by Crippen LogP contribution is -2.34. The SMILES string of the molecule is O=C(O)C(O)C(O)c1c(C(F)(F)F)nc[nH]c1=O. The van der Waals surface area contributed by atoms with E-state index in [1.165, 1.54) is 0 Å². The van der Waals surface area contributed by atoms with Crippen LogP contribution in [0.2, 0.25) is 0 Å². The smallest absolute Gasteiger partial charge is 0.433 e. The number of carbonyl (C=O) groups is 1. The first-order chi connectivity index (χ1) is 8.16. The number of hydrogen-bond donors (Lipinski definition) is 4. The summed E-state index contributed by atoms with van der Waals surface area (Å²) in [6.45, 7) is 0. The minimum Gasteiger partial charge on any atom is -0.479 e. The molecule has 7 nitrogen and oxygen atoms in total. The van der Waals surface area contributed by atoms with E-state index < -0.39 is 41.2 Å². The van der Waals surface area contributed by atoms with Gasteiger partial charge in [0.05, 0.1) is 11.9 Å². The Balaban J connectivity index is 3.40. The number of hydrogen-bond acceptors (Lipinski definition) is 5. The summed E-state index contributed by atoms with van der Waals surface area (Å²) in [6, 6.07) is 0. The molecule has 1 heterocycles. The Labute approximate surface area is 96.5 Å². The number of aromatic amines is 1. The summed E-state index contributed by atoms with van der Waals surface area (Å²) >= 11 is 0. The van der Waals surface area contributed by atoms with Gasteiger partial charge in [-0.15, -0.1) is 0 Å². The minimum atomic E-state index is -5.07. The number of aromatic nitrogens is 2. The zero-order chi connectivity index (χ0) is 14.1. The molecule has 1 rings (SSSR count). The molecular formula is C8H7F3N2O5. The molecule has 1 aromatic rings. The van der Waals surface area contributed by atoms with E-state index >= 15 is 0 Å². The van der Waals surface area contributed by atoms with Crippen molar-refractivity contribution in [3.05, 3.63) is 27.9 Å². The van der Waals surface area contributed by atoms with E-state index in [1.807, 2.05) is 0 Å². The molecule has 0 aliphatic heterocycles. The number of aliphatic carboxylic acids is 1. The highest BCUT2D eigenvalue weighted by molar-refractivity contribution is 5.73. The fourth-order valence-electron chi connectivity index (χ4n) is 1.20. The first-order valence-corrected chi connectivity index (χ1v) is 4.40. The van der Waals surface area contributed by atoms with Crippen molar-refractivity contribution < 1.29 is 33.3 Å². The van der Waals surface area contributed by atoms with Crippen LogP contribution >= 0.6 is 0 Å². The molecule has 10 heteroatoms. The average Bonchev–Trinajstić information content (AvgIpc) is 2.25. The van der Waals surface area contributed by atoms with Crippen LogP contribution in [0.25, 0.3) is 0 Å². The maximum absolute atomic E-state index is 12.5. The van der Waals surface area contributed by atoms with Gasteiger partial charge in [0.25, 0.3) is 5.56 Å². The monoisotopic (exact) mass is 268 g/mol. The van der Waals surface area contributed by atoms with Crippen molar-refractivity contribution in [2.75, 3.05) is 0 Å². The first kappa shape index (κ1) is 14.1. The fraction of sp³-hybridized carbons (Fsp3) is 0.375. The molecular weight excluding hydrogens is 261 g/mol. The molecule has 0 fully saturated rings. The van der Waals surface area contributed by atoms with Crippen LogP contribution in [0, 0.1) is 0 Å². The lowest BCUT2D eigenvalue weighted by Gasteiger charge is -2.17. The molecule has 4 N–H and O–H groups in total. The minimum absolute atomic E-state index is 0.453. The Hall–Kier alpha value is -1.94. The van der Waals surface area contributed by atoms with Crippen LogP contribution < -0.4 is 5.56 Å². The fourth-order valence-corrected chi connectivity index (χ4v) is 1.20. The van der Waals surface area contributed by atoms with E-state index in [0.717, 1.165) is 0 Å². The number of aliphatic hydroxyl groups is 2. The van der Waals surface area contributed by atoms with Gasteiger partial charge in [0.15, 0.2) is 11.8 Å². The molecule has 0 saturated heterocycles. The maximum atomic E-state index is 12.5. The summed E-state index contributed by atoms with van der Waals surface area (Å²) in [4.78, 5) is 26.1. The average molecular weight is 268 g/mol. The summed E-state index contributed by atoms with van der Waals surface area (Å²) in [6.07, 6.45) is -9.73. The Bertz CT molecular complexity index is 512. The van der Waals surface area contributed by atoms with Gasteiger partial charge in [-0.2, -0.15) is 13.2 Å². The lowest BCUT2D eigenvalue weighted by molar-refractivity contribution is -0.156. The molecule has 18 heavy (non-hydrogen) atoms. The van der Waals surface area contributed by atoms with Gasteiger partial charge in [-0.3, -0.25) is 4.79 Å². The van der Waals surface area contributed by atoms with Crippen molar-refractivity contribution in [3.63, 3.8) is 0 Å². The third-order valence-electron chi connectivity index (χ3n) is 2.01. The normalized spacial score (nSPS) is 15.2.